The van der Waals surface area contributed by atoms with E-state index in [0.717, 1.165) is 24.9 Å². The number of fused-ring (bicyclic) bond motifs is 1. The second-order valence-electron chi connectivity index (χ2n) is 5.48. The first-order valence-electron chi connectivity index (χ1n) is 7.40. The second-order valence-corrected chi connectivity index (χ2v) is 5.48. The molecule has 3 nitrogen and oxygen atoms in total. The molecule has 0 aliphatic heterocycles. The van der Waals surface area contributed by atoms with Crippen molar-refractivity contribution in [2.75, 3.05) is 13.6 Å². The van der Waals surface area contributed by atoms with Gasteiger partial charge in [-0.05, 0) is 31.5 Å². The summed E-state index contributed by atoms with van der Waals surface area (Å²) < 4.78 is 0. The zero-order chi connectivity index (χ0) is 14.6. The van der Waals surface area contributed by atoms with Gasteiger partial charge >= 0.3 is 0 Å². The van der Waals surface area contributed by atoms with Gasteiger partial charge in [-0.1, -0.05) is 38.1 Å². The van der Waals surface area contributed by atoms with Crippen molar-refractivity contribution in [1.82, 2.24) is 9.88 Å². The largest absolute Gasteiger partial charge is 0.329 e. The molecule has 0 saturated heterocycles. The van der Waals surface area contributed by atoms with Gasteiger partial charge in [0, 0.05) is 30.2 Å². The maximum absolute atomic E-state index is 6.04. The Kier molecular flexibility index (Phi) is 4.73. The topological polar surface area (TPSA) is 42.1 Å². The smallest absolute Gasteiger partial charge is 0.0746 e. The molecule has 0 atom stereocenters. The summed E-state index contributed by atoms with van der Waals surface area (Å²) in [7, 11) is 2.17. The number of hydrogen-bond donors (Lipinski definition) is 1. The summed E-state index contributed by atoms with van der Waals surface area (Å²) in [6.07, 6.45) is 3.99. The van der Waals surface area contributed by atoms with E-state index in [-0.39, 0.29) is 5.54 Å². The van der Waals surface area contributed by atoms with Gasteiger partial charge in [0.1, 0.15) is 0 Å². The molecule has 20 heavy (non-hydrogen) atoms. The number of nitrogens with zero attached hydrogens (tertiary/aromatic N) is 2. The normalized spacial score (nSPS) is 12.2. The highest BCUT2D eigenvalue weighted by Gasteiger charge is 2.29. The number of benzene rings is 1. The quantitative estimate of drug-likeness (QED) is 0.877. The Morgan fingerprint density at radius 1 is 1.15 bits per heavy atom. The van der Waals surface area contributed by atoms with E-state index in [4.69, 9.17) is 5.73 Å². The summed E-state index contributed by atoms with van der Waals surface area (Å²) in [5.74, 6) is 0. The molecule has 0 fully saturated rings. The van der Waals surface area contributed by atoms with Crippen LogP contribution in [-0.4, -0.2) is 29.0 Å². The Morgan fingerprint density at radius 3 is 2.50 bits per heavy atom. The molecule has 0 aliphatic carbocycles. The van der Waals surface area contributed by atoms with Crippen LogP contribution in [0.4, 0.5) is 0 Å². The van der Waals surface area contributed by atoms with Crippen LogP contribution >= 0.6 is 0 Å². The molecule has 0 amide bonds. The number of pyridine rings is 1. The fraction of sp³-hybridized carbons (Fsp3) is 0.471. The van der Waals surface area contributed by atoms with E-state index < -0.39 is 0 Å². The van der Waals surface area contributed by atoms with Gasteiger partial charge in [0.15, 0.2) is 0 Å². The van der Waals surface area contributed by atoms with Crippen LogP contribution in [0.25, 0.3) is 10.9 Å². The number of para-hydroxylation sites is 1. The van der Waals surface area contributed by atoms with Crippen molar-refractivity contribution in [3.8, 4) is 0 Å². The lowest BCUT2D eigenvalue weighted by Crippen LogP contribution is -2.50. The summed E-state index contributed by atoms with van der Waals surface area (Å²) in [5, 5.41) is 1.20. The van der Waals surface area contributed by atoms with Gasteiger partial charge in [-0.25, -0.2) is 0 Å². The lowest BCUT2D eigenvalue weighted by molar-refractivity contribution is 0.108. The van der Waals surface area contributed by atoms with Crippen molar-refractivity contribution in [2.24, 2.45) is 5.73 Å². The molecule has 2 N–H and O–H groups in total. The van der Waals surface area contributed by atoms with Crippen molar-refractivity contribution in [2.45, 2.75) is 38.8 Å². The van der Waals surface area contributed by atoms with Gasteiger partial charge in [-0.2, -0.15) is 0 Å². The number of aromatic nitrogens is 1. The van der Waals surface area contributed by atoms with Crippen molar-refractivity contribution in [3.05, 3.63) is 42.1 Å². The van der Waals surface area contributed by atoms with Gasteiger partial charge in [0.05, 0.1) is 5.52 Å². The minimum atomic E-state index is 0.0803. The molecule has 2 aromatic rings. The Labute approximate surface area is 121 Å². The van der Waals surface area contributed by atoms with Gasteiger partial charge in [0.2, 0.25) is 0 Å². The van der Waals surface area contributed by atoms with E-state index in [1.807, 2.05) is 12.3 Å². The molecule has 1 aromatic heterocycles. The molecule has 1 heterocycles. The molecule has 108 valence electrons. The molecule has 0 bridgehead atoms. The van der Waals surface area contributed by atoms with Crippen molar-refractivity contribution < 1.29 is 0 Å². The molecule has 0 spiro atoms. The molecular weight excluding hydrogens is 246 g/mol. The Hall–Kier alpha value is -1.45. The maximum Gasteiger partial charge on any atom is 0.0746 e. The van der Waals surface area contributed by atoms with Crippen LogP contribution in [0.3, 0.4) is 0 Å². The minimum absolute atomic E-state index is 0.0803. The SMILES string of the molecule is CCC(CC)(CN)N(C)Cc1cccc2cccnc12. The molecule has 3 heteroatoms. The van der Waals surface area contributed by atoms with Crippen LogP contribution in [-0.2, 0) is 6.54 Å². The lowest BCUT2D eigenvalue weighted by Gasteiger charge is -2.40. The molecule has 2 rings (SSSR count). The number of likely N-dealkylation sites (N-methyl/N-ethyl adjacent to an activating group) is 1. The highest BCUT2D eigenvalue weighted by Crippen LogP contribution is 2.25. The fourth-order valence-corrected chi connectivity index (χ4v) is 2.95. The average Bonchev–Trinajstić information content (AvgIpc) is 2.50. The Balaban J connectivity index is 2.32. The fourth-order valence-electron chi connectivity index (χ4n) is 2.95. The summed E-state index contributed by atoms with van der Waals surface area (Å²) in [6, 6.07) is 10.5. The van der Waals surface area contributed by atoms with Gasteiger partial charge in [-0.3, -0.25) is 9.88 Å². The first-order chi connectivity index (χ1) is 9.66. The van der Waals surface area contributed by atoms with Crippen molar-refractivity contribution in [1.29, 1.82) is 0 Å². The Bertz CT molecular complexity index is 547. The molecule has 1 aromatic carbocycles. The first kappa shape index (κ1) is 14.9. The standard InChI is InChI=1S/C17H25N3/c1-4-17(5-2,13-18)20(3)12-15-9-6-8-14-10-7-11-19-16(14)15/h6-11H,4-5,12-13,18H2,1-3H3. The number of hydrogen-bond acceptors (Lipinski definition) is 3. The lowest BCUT2D eigenvalue weighted by atomic mass is 9.90. The Morgan fingerprint density at radius 2 is 1.85 bits per heavy atom. The van der Waals surface area contributed by atoms with Gasteiger partial charge < -0.3 is 5.73 Å². The first-order valence-corrected chi connectivity index (χ1v) is 7.40. The third-order valence-electron chi connectivity index (χ3n) is 4.63. The molecular formula is C17H25N3. The van der Waals surface area contributed by atoms with E-state index in [9.17, 15) is 0 Å². The van der Waals surface area contributed by atoms with Crippen LogP contribution in [0.15, 0.2) is 36.5 Å². The zero-order valence-electron chi connectivity index (χ0n) is 12.8. The predicted octanol–water partition coefficient (Wildman–Crippen LogP) is 3.18. The summed E-state index contributed by atoms with van der Waals surface area (Å²) in [5.41, 5.74) is 8.49. The third kappa shape index (κ3) is 2.69. The van der Waals surface area contributed by atoms with Crippen LogP contribution in [0.2, 0.25) is 0 Å². The summed E-state index contributed by atoms with van der Waals surface area (Å²) >= 11 is 0. The van der Waals surface area contributed by atoms with Crippen molar-refractivity contribution >= 4 is 10.9 Å². The highest BCUT2D eigenvalue weighted by atomic mass is 15.2. The maximum atomic E-state index is 6.04. The number of nitrogens with two attached hydrogens (primary N) is 1. The van der Waals surface area contributed by atoms with E-state index in [1.54, 1.807) is 0 Å². The average molecular weight is 271 g/mol. The van der Waals surface area contributed by atoms with E-state index >= 15 is 0 Å². The van der Waals surface area contributed by atoms with Gasteiger partial charge in [0.25, 0.3) is 0 Å². The third-order valence-corrected chi connectivity index (χ3v) is 4.63. The van der Waals surface area contributed by atoms with Crippen LogP contribution < -0.4 is 5.73 Å². The summed E-state index contributed by atoms with van der Waals surface area (Å²) in [4.78, 5) is 6.92. The molecule has 0 unspecified atom stereocenters. The van der Waals surface area contributed by atoms with E-state index in [2.05, 4.69) is 55.0 Å². The highest BCUT2D eigenvalue weighted by molar-refractivity contribution is 5.81. The van der Waals surface area contributed by atoms with E-state index in [0.29, 0.717) is 6.54 Å². The molecule has 0 aliphatic rings. The minimum Gasteiger partial charge on any atom is -0.329 e. The number of rotatable bonds is 6. The van der Waals surface area contributed by atoms with Crippen molar-refractivity contribution in [3.63, 3.8) is 0 Å². The summed E-state index contributed by atoms with van der Waals surface area (Å²) in [6.45, 7) is 6.00. The van der Waals surface area contributed by atoms with Crippen LogP contribution in [0, 0.1) is 0 Å². The molecule has 0 radical (unpaired) electrons. The monoisotopic (exact) mass is 271 g/mol. The predicted molar refractivity (Wildman–Crippen MR) is 85.6 cm³/mol. The van der Waals surface area contributed by atoms with E-state index in [1.165, 1.54) is 10.9 Å². The molecule has 0 saturated carbocycles. The van der Waals surface area contributed by atoms with Gasteiger partial charge in [-0.15, -0.1) is 0 Å². The second kappa shape index (κ2) is 6.33. The van der Waals surface area contributed by atoms with Crippen LogP contribution in [0.5, 0.6) is 0 Å². The van der Waals surface area contributed by atoms with Crippen LogP contribution in [0.1, 0.15) is 32.3 Å². The zero-order valence-corrected chi connectivity index (χ0v) is 12.8.